The third-order valence-electron chi connectivity index (χ3n) is 3.27. The second kappa shape index (κ2) is 5.46. The van der Waals surface area contributed by atoms with Crippen molar-refractivity contribution < 1.29 is 4.52 Å². The highest BCUT2D eigenvalue weighted by molar-refractivity contribution is 5.80. The molecule has 0 radical (unpaired) electrons. The lowest BCUT2D eigenvalue weighted by molar-refractivity contribution is 0.408. The molecule has 0 spiro atoms. The number of nitrogens with one attached hydrogen (secondary N) is 1. The van der Waals surface area contributed by atoms with E-state index in [1.54, 1.807) is 0 Å². The molecule has 104 valence electrons. The van der Waals surface area contributed by atoms with E-state index in [0.717, 1.165) is 6.54 Å². The van der Waals surface area contributed by atoms with E-state index >= 15 is 0 Å². The first kappa shape index (κ1) is 12.9. The van der Waals surface area contributed by atoms with Crippen LogP contribution in [0.1, 0.15) is 25.2 Å². The minimum absolute atomic E-state index is 0.494. The molecule has 2 heterocycles. The van der Waals surface area contributed by atoms with Gasteiger partial charge in [0.15, 0.2) is 5.82 Å². The van der Waals surface area contributed by atoms with Gasteiger partial charge in [-0.3, -0.25) is 0 Å². The van der Waals surface area contributed by atoms with E-state index in [9.17, 15) is 0 Å². The molecule has 0 bridgehead atoms. The fourth-order valence-electron chi connectivity index (χ4n) is 2.23. The molecule has 20 heavy (non-hydrogen) atoms. The smallest absolute Gasteiger partial charge is 0.213 e. The molecule has 0 saturated carbocycles. The first-order valence-corrected chi connectivity index (χ1v) is 6.79. The van der Waals surface area contributed by atoms with Crippen LogP contribution in [0, 0.1) is 0 Å². The molecule has 1 aromatic carbocycles. The molecule has 3 aromatic rings. The lowest BCUT2D eigenvalue weighted by Crippen LogP contribution is -2.21. The summed E-state index contributed by atoms with van der Waals surface area (Å²) in [4.78, 5) is 4.06. The Morgan fingerprint density at radius 1 is 1.30 bits per heavy atom. The van der Waals surface area contributed by atoms with E-state index in [1.165, 1.54) is 22.9 Å². The highest BCUT2D eigenvalue weighted by Gasteiger charge is 2.05. The normalized spacial score (nSPS) is 11.6. The zero-order valence-corrected chi connectivity index (χ0v) is 11.7. The topological polar surface area (TPSA) is 55.9 Å². The van der Waals surface area contributed by atoms with Gasteiger partial charge in [-0.15, -0.1) is 0 Å². The van der Waals surface area contributed by atoms with Gasteiger partial charge in [-0.25, -0.2) is 0 Å². The highest BCUT2D eigenvalue weighted by atomic mass is 16.5. The van der Waals surface area contributed by atoms with Crippen molar-refractivity contribution >= 4 is 10.9 Å². The molecule has 0 aliphatic carbocycles. The van der Waals surface area contributed by atoms with Crippen molar-refractivity contribution in [3.05, 3.63) is 48.2 Å². The van der Waals surface area contributed by atoms with Crippen molar-refractivity contribution in [2.75, 3.05) is 0 Å². The molecule has 3 rings (SSSR count). The minimum Gasteiger partial charge on any atom is -0.343 e. The van der Waals surface area contributed by atoms with Gasteiger partial charge in [-0.2, -0.15) is 4.98 Å². The van der Waals surface area contributed by atoms with Crippen molar-refractivity contribution in [1.29, 1.82) is 0 Å². The van der Waals surface area contributed by atoms with Crippen molar-refractivity contribution in [2.45, 2.75) is 33.0 Å². The van der Waals surface area contributed by atoms with Crippen LogP contribution in [0.4, 0.5) is 0 Å². The Morgan fingerprint density at radius 2 is 2.20 bits per heavy atom. The molecule has 0 aliphatic rings. The zero-order chi connectivity index (χ0) is 13.9. The van der Waals surface area contributed by atoms with Gasteiger partial charge in [0.05, 0.1) is 6.54 Å². The van der Waals surface area contributed by atoms with E-state index in [4.69, 9.17) is 4.52 Å². The maximum atomic E-state index is 4.77. The van der Waals surface area contributed by atoms with Crippen LogP contribution in [0.25, 0.3) is 10.9 Å². The molecule has 2 aromatic heterocycles. The number of rotatable bonds is 5. The molecule has 5 nitrogen and oxygen atoms in total. The van der Waals surface area contributed by atoms with E-state index in [2.05, 4.69) is 64.3 Å². The lowest BCUT2D eigenvalue weighted by atomic mass is 10.1. The lowest BCUT2D eigenvalue weighted by Gasteiger charge is -2.08. The predicted molar refractivity (Wildman–Crippen MR) is 77.3 cm³/mol. The number of hydrogen-bond acceptors (Lipinski definition) is 4. The number of aromatic nitrogens is 3. The van der Waals surface area contributed by atoms with Gasteiger partial charge in [0.1, 0.15) is 0 Å². The van der Waals surface area contributed by atoms with Crippen molar-refractivity contribution in [3.63, 3.8) is 0 Å². The molecule has 0 saturated heterocycles. The molecule has 0 fully saturated rings. The van der Waals surface area contributed by atoms with E-state index in [1.807, 2.05) is 0 Å². The van der Waals surface area contributed by atoms with Crippen LogP contribution in [-0.4, -0.2) is 20.7 Å². The standard InChI is InChI=1S/C15H18N4O/c1-11(2)16-8-12-3-4-14-13(7-12)5-6-19(14)9-15-17-10-20-18-15/h3-7,10-11,16H,8-9H2,1-2H3. The fourth-order valence-corrected chi connectivity index (χ4v) is 2.23. The second-order valence-corrected chi connectivity index (χ2v) is 5.22. The van der Waals surface area contributed by atoms with Crippen LogP contribution >= 0.6 is 0 Å². The first-order valence-electron chi connectivity index (χ1n) is 6.79. The summed E-state index contributed by atoms with van der Waals surface area (Å²) in [6.07, 6.45) is 3.41. The molecule has 0 atom stereocenters. The minimum atomic E-state index is 0.494. The highest BCUT2D eigenvalue weighted by Crippen LogP contribution is 2.18. The van der Waals surface area contributed by atoms with Crippen LogP contribution in [0.15, 0.2) is 41.4 Å². The molecule has 1 N–H and O–H groups in total. The predicted octanol–water partition coefficient (Wildman–Crippen LogP) is 2.57. The summed E-state index contributed by atoms with van der Waals surface area (Å²) in [5.74, 6) is 0.688. The largest absolute Gasteiger partial charge is 0.343 e. The quantitative estimate of drug-likeness (QED) is 0.774. The number of benzene rings is 1. The van der Waals surface area contributed by atoms with E-state index < -0.39 is 0 Å². The molecular formula is C15H18N4O. The Balaban J connectivity index is 1.82. The summed E-state index contributed by atoms with van der Waals surface area (Å²) in [6.45, 7) is 5.83. The van der Waals surface area contributed by atoms with Gasteiger partial charge in [0.25, 0.3) is 0 Å². The number of hydrogen-bond donors (Lipinski definition) is 1. The van der Waals surface area contributed by atoms with Gasteiger partial charge in [0, 0.05) is 24.3 Å². The maximum absolute atomic E-state index is 4.77. The summed E-state index contributed by atoms with van der Waals surface area (Å²) in [5, 5.41) is 8.51. The molecule has 5 heteroatoms. The van der Waals surface area contributed by atoms with Gasteiger partial charge in [-0.1, -0.05) is 25.1 Å². The van der Waals surface area contributed by atoms with Crippen LogP contribution in [-0.2, 0) is 13.1 Å². The molecular weight excluding hydrogens is 252 g/mol. The maximum Gasteiger partial charge on any atom is 0.213 e. The monoisotopic (exact) mass is 270 g/mol. The third kappa shape index (κ3) is 2.72. The Hall–Kier alpha value is -2.14. The number of nitrogens with zero attached hydrogens (tertiary/aromatic N) is 3. The number of fused-ring (bicyclic) bond motifs is 1. The summed E-state index contributed by atoms with van der Waals surface area (Å²) in [7, 11) is 0. The van der Waals surface area contributed by atoms with Crippen LogP contribution in [0.2, 0.25) is 0 Å². The average molecular weight is 270 g/mol. The SMILES string of the molecule is CC(C)NCc1ccc2c(ccn2Cc2ncon2)c1. The molecule has 0 aliphatic heterocycles. The van der Waals surface area contributed by atoms with Gasteiger partial charge in [-0.05, 0) is 29.1 Å². The summed E-state index contributed by atoms with van der Waals surface area (Å²) in [6, 6.07) is 9.14. The first-order chi connectivity index (χ1) is 9.72. The summed E-state index contributed by atoms with van der Waals surface area (Å²) >= 11 is 0. The van der Waals surface area contributed by atoms with Gasteiger partial charge < -0.3 is 14.4 Å². The van der Waals surface area contributed by atoms with Crippen LogP contribution in [0.3, 0.4) is 0 Å². The van der Waals surface area contributed by atoms with Crippen molar-refractivity contribution in [1.82, 2.24) is 20.0 Å². The van der Waals surface area contributed by atoms with Crippen molar-refractivity contribution in [2.24, 2.45) is 0 Å². The second-order valence-electron chi connectivity index (χ2n) is 5.22. The Labute approximate surface area is 117 Å². The van der Waals surface area contributed by atoms with Crippen molar-refractivity contribution in [3.8, 4) is 0 Å². The fraction of sp³-hybridized carbons (Fsp3) is 0.333. The van der Waals surface area contributed by atoms with E-state index in [0.29, 0.717) is 18.4 Å². The Bertz CT molecular complexity index is 685. The van der Waals surface area contributed by atoms with Crippen LogP contribution in [0.5, 0.6) is 0 Å². The van der Waals surface area contributed by atoms with Crippen LogP contribution < -0.4 is 5.32 Å². The Morgan fingerprint density at radius 3 is 2.95 bits per heavy atom. The summed E-state index contributed by atoms with van der Waals surface area (Å²) < 4.78 is 6.89. The molecule has 0 amide bonds. The summed E-state index contributed by atoms with van der Waals surface area (Å²) in [5.41, 5.74) is 2.48. The van der Waals surface area contributed by atoms with Gasteiger partial charge >= 0.3 is 0 Å². The average Bonchev–Trinajstić information content (AvgIpc) is 3.07. The zero-order valence-electron chi connectivity index (χ0n) is 11.7. The third-order valence-corrected chi connectivity index (χ3v) is 3.27. The van der Waals surface area contributed by atoms with E-state index in [-0.39, 0.29) is 0 Å². The molecule has 0 unspecified atom stereocenters. The van der Waals surface area contributed by atoms with Gasteiger partial charge in [0.2, 0.25) is 6.39 Å². The Kier molecular flexibility index (Phi) is 3.52.